The molecule has 0 radical (unpaired) electrons. The SMILES string of the molecule is COc1cc(C(=O)N2CCC(c3ccc4cccnc4n3)C2)sn1. The molecule has 24 heavy (non-hydrogen) atoms. The van der Waals surface area contributed by atoms with Gasteiger partial charge in [-0.2, -0.15) is 4.37 Å². The molecule has 1 fully saturated rings. The lowest BCUT2D eigenvalue weighted by Crippen LogP contribution is -2.27. The number of rotatable bonds is 3. The molecule has 0 N–H and O–H groups in total. The molecule has 0 aliphatic carbocycles. The van der Waals surface area contributed by atoms with Crippen LogP contribution in [-0.4, -0.2) is 45.3 Å². The van der Waals surface area contributed by atoms with Crippen molar-refractivity contribution in [2.75, 3.05) is 20.2 Å². The monoisotopic (exact) mass is 340 g/mol. The zero-order chi connectivity index (χ0) is 16.5. The summed E-state index contributed by atoms with van der Waals surface area (Å²) in [6.45, 7) is 1.40. The van der Waals surface area contributed by atoms with E-state index in [2.05, 4.69) is 14.3 Å². The fourth-order valence-corrected chi connectivity index (χ4v) is 3.67. The Hall–Kier alpha value is -2.54. The van der Waals surface area contributed by atoms with Crippen molar-refractivity contribution in [3.63, 3.8) is 0 Å². The number of likely N-dealkylation sites (tertiary alicyclic amines) is 1. The number of fused-ring (bicyclic) bond motifs is 1. The third-order valence-corrected chi connectivity index (χ3v) is 5.05. The lowest BCUT2D eigenvalue weighted by Gasteiger charge is -2.15. The number of methoxy groups -OCH3 is 1. The van der Waals surface area contributed by atoms with Gasteiger partial charge in [0.25, 0.3) is 5.91 Å². The van der Waals surface area contributed by atoms with Gasteiger partial charge in [-0.15, -0.1) is 0 Å². The van der Waals surface area contributed by atoms with E-state index in [0.717, 1.165) is 29.7 Å². The van der Waals surface area contributed by atoms with E-state index in [1.165, 1.54) is 11.5 Å². The molecule has 7 heteroatoms. The summed E-state index contributed by atoms with van der Waals surface area (Å²) in [5.74, 6) is 0.744. The third-order valence-electron chi connectivity index (χ3n) is 4.29. The van der Waals surface area contributed by atoms with E-state index in [9.17, 15) is 4.79 Å². The van der Waals surface area contributed by atoms with Crippen LogP contribution in [0.4, 0.5) is 0 Å². The van der Waals surface area contributed by atoms with Crippen LogP contribution in [0.3, 0.4) is 0 Å². The van der Waals surface area contributed by atoms with E-state index >= 15 is 0 Å². The average Bonchev–Trinajstić information content (AvgIpc) is 3.30. The van der Waals surface area contributed by atoms with Crippen molar-refractivity contribution in [3.8, 4) is 5.88 Å². The number of nitrogens with zero attached hydrogens (tertiary/aromatic N) is 4. The predicted molar refractivity (Wildman–Crippen MR) is 91.5 cm³/mol. The second-order valence-corrected chi connectivity index (χ2v) is 6.56. The Bertz CT molecular complexity index is 895. The predicted octanol–water partition coefficient (Wildman–Crippen LogP) is 2.72. The Morgan fingerprint density at radius 1 is 1.38 bits per heavy atom. The quantitative estimate of drug-likeness (QED) is 0.733. The summed E-state index contributed by atoms with van der Waals surface area (Å²) < 4.78 is 9.14. The lowest BCUT2D eigenvalue weighted by atomic mass is 10.0. The van der Waals surface area contributed by atoms with Gasteiger partial charge in [-0.3, -0.25) is 4.79 Å². The Morgan fingerprint density at radius 3 is 3.12 bits per heavy atom. The molecule has 0 spiro atoms. The first-order valence-corrected chi connectivity index (χ1v) is 8.53. The molecule has 1 atom stereocenters. The minimum atomic E-state index is 0.0113. The van der Waals surface area contributed by atoms with Crippen molar-refractivity contribution in [3.05, 3.63) is 47.1 Å². The van der Waals surface area contributed by atoms with Crippen molar-refractivity contribution in [1.82, 2.24) is 19.2 Å². The summed E-state index contributed by atoms with van der Waals surface area (Å²) in [4.78, 5) is 24.0. The Morgan fingerprint density at radius 2 is 2.29 bits per heavy atom. The van der Waals surface area contributed by atoms with Gasteiger partial charge in [0.1, 0.15) is 4.88 Å². The highest BCUT2D eigenvalue weighted by atomic mass is 32.1. The summed E-state index contributed by atoms with van der Waals surface area (Å²) >= 11 is 1.18. The van der Waals surface area contributed by atoms with Gasteiger partial charge in [-0.05, 0) is 42.2 Å². The first-order valence-electron chi connectivity index (χ1n) is 7.76. The number of amides is 1. The van der Waals surface area contributed by atoms with E-state index in [1.54, 1.807) is 19.4 Å². The maximum absolute atomic E-state index is 12.6. The summed E-state index contributed by atoms with van der Waals surface area (Å²) in [6, 6.07) is 9.68. The number of carbonyl (C=O) groups excluding carboxylic acids is 1. The number of aromatic nitrogens is 3. The minimum absolute atomic E-state index is 0.0113. The van der Waals surface area contributed by atoms with E-state index < -0.39 is 0 Å². The molecule has 6 nitrogen and oxygen atoms in total. The van der Waals surface area contributed by atoms with Gasteiger partial charge in [0.2, 0.25) is 5.88 Å². The van der Waals surface area contributed by atoms with Crippen LogP contribution < -0.4 is 4.74 Å². The summed E-state index contributed by atoms with van der Waals surface area (Å²) in [6.07, 6.45) is 2.66. The highest BCUT2D eigenvalue weighted by Crippen LogP contribution is 2.29. The van der Waals surface area contributed by atoms with Crippen LogP contribution in [0.25, 0.3) is 11.0 Å². The molecule has 1 aliphatic rings. The highest BCUT2D eigenvalue weighted by Gasteiger charge is 2.30. The van der Waals surface area contributed by atoms with Crippen LogP contribution in [-0.2, 0) is 0 Å². The fourth-order valence-electron chi connectivity index (χ4n) is 2.99. The maximum Gasteiger partial charge on any atom is 0.265 e. The van der Waals surface area contributed by atoms with Gasteiger partial charge in [0, 0.05) is 42.4 Å². The van der Waals surface area contributed by atoms with E-state index in [-0.39, 0.29) is 11.8 Å². The van der Waals surface area contributed by atoms with Crippen molar-refractivity contribution in [1.29, 1.82) is 0 Å². The van der Waals surface area contributed by atoms with E-state index in [1.807, 2.05) is 29.2 Å². The second kappa shape index (κ2) is 6.16. The number of carbonyl (C=O) groups is 1. The molecule has 0 bridgehead atoms. The molecule has 122 valence electrons. The maximum atomic E-state index is 12.6. The number of pyridine rings is 2. The third kappa shape index (κ3) is 2.71. The molecule has 0 saturated carbocycles. The standard InChI is InChI=1S/C17H16N4O2S/c1-23-15-9-14(24-20-15)17(22)21-8-6-12(10-21)13-5-4-11-3-2-7-18-16(11)19-13/h2-5,7,9,12H,6,8,10H2,1H3. The van der Waals surface area contributed by atoms with Crippen molar-refractivity contribution in [2.24, 2.45) is 0 Å². The normalized spacial score (nSPS) is 17.4. The highest BCUT2D eigenvalue weighted by molar-refractivity contribution is 7.08. The lowest BCUT2D eigenvalue weighted by molar-refractivity contribution is 0.0795. The molecule has 0 aromatic carbocycles. The van der Waals surface area contributed by atoms with Crippen LogP contribution in [0.1, 0.15) is 27.7 Å². The summed E-state index contributed by atoms with van der Waals surface area (Å²) in [5.41, 5.74) is 1.75. The molecule has 1 aliphatic heterocycles. The van der Waals surface area contributed by atoms with Crippen molar-refractivity contribution in [2.45, 2.75) is 12.3 Å². The molecule has 3 aromatic rings. The molecular weight excluding hydrogens is 324 g/mol. The first-order chi connectivity index (χ1) is 11.7. The van der Waals surface area contributed by atoms with E-state index in [4.69, 9.17) is 4.74 Å². The van der Waals surface area contributed by atoms with Gasteiger partial charge < -0.3 is 9.64 Å². The Kier molecular flexibility index (Phi) is 3.86. The number of hydrogen-bond acceptors (Lipinski definition) is 6. The molecule has 1 unspecified atom stereocenters. The Labute approximate surface area is 143 Å². The van der Waals surface area contributed by atoms with Gasteiger partial charge in [0.15, 0.2) is 5.65 Å². The van der Waals surface area contributed by atoms with Gasteiger partial charge in [-0.25, -0.2) is 9.97 Å². The molecule has 4 rings (SSSR count). The van der Waals surface area contributed by atoms with Crippen molar-refractivity contribution >= 4 is 28.5 Å². The van der Waals surface area contributed by atoms with Crippen LogP contribution in [0.2, 0.25) is 0 Å². The summed E-state index contributed by atoms with van der Waals surface area (Å²) in [5, 5.41) is 1.03. The minimum Gasteiger partial charge on any atom is -0.480 e. The molecule has 1 amide bonds. The number of hydrogen-bond donors (Lipinski definition) is 0. The molecule has 4 heterocycles. The largest absolute Gasteiger partial charge is 0.480 e. The molecule has 1 saturated heterocycles. The van der Waals surface area contributed by atoms with Gasteiger partial charge in [-0.1, -0.05) is 0 Å². The van der Waals surface area contributed by atoms with Gasteiger partial charge >= 0.3 is 0 Å². The van der Waals surface area contributed by atoms with E-state index in [0.29, 0.717) is 17.3 Å². The van der Waals surface area contributed by atoms with Gasteiger partial charge in [0.05, 0.1) is 7.11 Å². The molecule has 3 aromatic heterocycles. The fraction of sp³-hybridized carbons (Fsp3) is 0.294. The first kappa shape index (κ1) is 15.0. The Balaban J connectivity index is 1.51. The van der Waals surface area contributed by atoms with Crippen LogP contribution in [0, 0.1) is 0 Å². The zero-order valence-corrected chi connectivity index (χ0v) is 14.0. The van der Waals surface area contributed by atoms with Crippen LogP contribution in [0.5, 0.6) is 5.88 Å². The average molecular weight is 340 g/mol. The van der Waals surface area contributed by atoms with Crippen LogP contribution >= 0.6 is 11.5 Å². The van der Waals surface area contributed by atoms with Crippen molar-refractivity contribution < 1.29 is 9.53 Å². The smallest absolute Gasteiger partial charge is 0.265 e. The number of ether oxygens (including phenoxy) is 1. The second-order valence-electron chi connectivity index (χ2n) is 5.76. The topological polar surface area (TPSA) is 68.2 Å². The summed E-state index contributed by atoms with van der Waals surface area (Å²) in [7, 11) is 1.55. The zero-order valence-electron chi connectivity index (χ0n) is 13.2. The molecular formula is C17H16N4O2S. The van der Waals surface area contributed by atoms with Crippen LogP contribution in [0.15, 0.2) is 36.5 Å².